The van der Waals surface area contributed by atoms with Crippen molar-refractivity contribution in [3.05, 3.63) is 34.3 Å². The van der Waals surface area contributed by atoms with Crippen molar-refractivity contribution in [2.75, 3.05) is 6.54 Å². The van der Waals surface area contributed by atoms with Gasteiger partial charge in [-0.1, -0.05) is 55.8 Å². The van der Waals surface area contributed by atoms with Crippen LogP contribution in [0.5, 0.6) is 0 Å². The summed E-state index contributed by atoms with van der Waals surface area (Å²) in [7, 11) is 0. The number of halogens is 1. The Balaban J connectivity index is 2.79. The molecule has 1 rings (SSSR count). The largest absolute Gasteiger partial charge is 0.313 e. The SMILES string of the molecule is CCCNC(C(C)C)C(C)c1cccc(Br)c1. The zero-order chi connectivity index (χ0) is 12.8. The van der Waals surface area contributed by atoms with Gasteiger partial charge >= 0.3 is 0 Å². The Morgan fingerprint density at radius 1 is 1.24 bits per heavy atom. The first-order valence-electron chi connectivity index (χ1n) is 6.55. The van der Waals surface area contributed by atoms with Gasteiger partial charge in [-0.25, -0.2) is 0 Å². The molecule has 1 aromatic carbocycles. The molecule has 0 saturated carbocycles. The first kappa shape index (κ1) is 14.7. The van der Waals surface area contributed by atoms with E-state index in [0.717, 1.165) is 6.54 Å². The van der Waals surface area contributed by atoms with Gasteiger partial charge in [0, 0.05) is 10.5 Å². The Labute approximate surface area is 114 Å². The van der Waals surface area contributed by atoms with E-state index in [1.807, 2.05) is 0 Å². The van der Waals surface area contributed by atoms with Gasteiger partial charge in [0.05, 0.1) is 0 Å². The standard InChI is InChI=1S/C15H24BrN/c1-5-9-17-15(11(2)3)12(4)13-7-6-8-14(16)10-13/h6-8,10-12,15,17H,5,9H2,1-4H3. The molecule has 2 atom stereocenters. The van der Waals surface area contributed by atoms with Crippen molar-refractivity contribution in [3.8, 4) is 0 Å². The quantitative estimate of drug-likeness (QED) is 0.810. The van der Waals surface area contributed by atoms with E-state index in [0.29, 0.717) is 17.9 Å². The van der Waals surface area contributed by atoms with Gasteiger partial charge in [-0.05, 0) is 42.5 Å². The molecule has 0 fully saturated rings. The van der Waals surface area contributed by atoms with Crippen molar-refractivity contribution in [1.29, 1.82) is 0 Å². The van der Waals surface area contributed by atoms with E-state index < -0.39 is 0 Å². The van der Waals surface area contributed by atoms with Gasteiger partial charge in [0.1, 0.15) is 0 Å². The highest BCUT2D eigenvalue weighted by molar-refractivity contribution is 9.10. The number of hydrogen-bond donors (Lipinski definition) is 1. The van der Waals surface area contributed by atoms with E-state index >= 15 is 0 Å². The van der Waals surface area contributed by atoms with E-state index in [1.54, 1.807) is 0 Å². The molecule has 0 aromatic heterocycles. The predicted molar refractivity (Wildman–Crippen MR) is 79.5 cm³/mol. The zero-order valence-electron chi connectivity index (χ0n) is 11.3. The number of hydrogen-bond acceptors (Lipinski definition) is 1. The summed E-state index contributed by atoms with van der Waals surface area (Å²) in [5.41, 5.74) is 1.40. The summed E-state index contributed by atoms with van der Waals surface area (Å²) in [5, 5.41) is 3.67. The monoisotopic (exact) mass is 297 g/mol. The molecule has 0 aliphatic carbocycles. The number of rotatable bonds is 6. The molecular formula is C15H24BrN. The van der Waals surface area contributed by atoms with Gasteiger partial charge < -0.3 is 5.32 Å². The normalized spacial score (nSPS) is 14.9. The van der Waals surface area contributed by atoms with Crippen molar-refractivity contribution in [2.24, 2.45) is 5.92 Å². The molecule has 0 bridgehead atoms. The average molecular weight is 298 g/mol. The van der Waals surface area contributed by atoms with Crippen LogP contribution >= 0.6 is 15.9 Å². The third-order valence-electron chi connectivity index (χ3n) is 3.26. The highest BCUT2D eigenvalue weighted by atomic mass is 79.9. The molecule has 17 heavy (non-hydrogen) atoms. The molecule has 0 aliphatic rings. The van der Waals surface area contributed by atoms with Crippen molar-refractivity contribution in [1.82, 2.24) is 5.32 Å². The molecule has 0 saturated heterocycles. The Kier molecular flexibility index (Phi) is 6.21. The van der Waals surface area contributed by atoms with Gasteiger partial charge in [-0.3, -0.25) is 0 Å². The van der Waals surface area contributed by atoms with Gasteiger partial charge in [0.2, 0.25) is 0 Å². The van der Waals surface area contributed by atoms with Crippen LogP contribution in [0.4, 0.5) is 0 Å². The van der Waals surface area contributed by atoms with Crippen LogP contribution in [0.3, 0.4) is 0 Å². The van der Waals surface area contributed by atoms with Gasteiger partial charge in [-0.15, -0.1) is 0 Å². The minimum absolute atomic E-state index is 0.541. The van der Waals surface area contributed by atoms with Crippen LogP contribution in [-0.4, -0.2) is 12.6 Å². The Morgan fingerprint density at radius 2 is 1.94 bits per heavy atom. The highest BCUT2D eigenvalue weighted by Crippen LogP contribution is 2.26. The predicted octanol–water partition coefficient (Wildman–Crippen LogP) is 4.58. The van der Waals surface area contributed by atoms with Crippen LogP contribution in [0.1, 0.15) is 45.6 Å². The summed E-state index contributed by atoms with van der Waals surface area (Å²) in [6, 6.07) is 9.20. The van der Waals surface area contributed by atoms with Crippen molar-refractivity contribution in [3.63, 3.8) is 0 Å². The molecule has 0 radical (unpaired) electrons. The lowest BCUT2D eigenvalue weighted by molar-refractivity contribution is 0.354. The molecule has 96 valence electrons. The van der Waals surface area contributed by atoms with E-state index in [9.17, 15) is 0 Å². The van der Waals surface area contributed by atoms with E-state index in [4.69, 9.17) is 0 Å². The van der Waals surface area contributed by atoms with E-state index in [2.05, 4.69) is 73.2 Å². The lowest BCUT2D eigenvalue weighted by Crippen LogP contribution is -2.38. The summed E-state index contributed by atoms with van der Waals surface area (Å²) < 4.78 is 1.17. The third-order valence-corrected chi connectivity index (χ3v) is 3.75. The molecular weight excluding hydrogens is 274 g/mol. The van der Waals surface area contributed by atoms with Crippen LogP contribution in [0.25, 0.3) is 0 Å². The Hall–Kier alpha value is -0.340. The van der Waals surface area contributed by atoms with Crippen LogP contribution in [0, 0.1) is 5.92 Å². The molecule has 0 amide bonds. The highest BCUT2D eigenvalue weighted by Gasteiger charge is 2.21. The molecule has 1 aromatic rings. The van der Waals surface area contributed by atoms with Gasteiger partial charge in [0.15, 0.2) is 0 Å². The summed E-state index contributed by atoms with van der Waals surface area (Å²) >= 11 is 3.55. The van der Waals surface area contributed by atoms with Crippen molar-refractivity contribution < 1.29 is 0 Å². The van der Waals surface area contributed by atoms with Crippen molar-refractivity contribution >= 4 is 15.9 Å². The molecule has 1 nitrogen and oxygen atoms in total. The number of benzene rings is 1. The third kappa shape index (κ3) is 4.44. The van der Waals surface area contributed by atoms with Crippen LogP contribution < -0.4 is 5.32 Å². The fraction of sp³-hybridized carbons (Fsp3) is 0.600. The molecule has 2 heteroatoms. The fourth-order valence-corrected chi connectivity index (χ4v) is 2.71. The number of nitrogens with one attached hydrogen (secondary N) is 1. The first-order valence-corrected chi connectivity index (χ1v) is 7.34. The second-order valence-corrected chi connectivity index (χ2v) is 5.98. The lowest BCUT2D eigenvalue weighted by atomic mass is 9.86. The minimum Gasteiger partial charge on any atom is -0.313 e. The van der Waals surface area contributed by atoms with Crippen LogP contribution in [0.2, 0.25) is 0 Å². The van der Waals surface area contributed by atoms with Gasteiger partial charge in [0.25, 0.3) is 0 Å². The smallest absolute Gasteiger partial charge is 0.0178 e. The van der Waals surface area contributed by atoms with Crippen LogP contribution in [-0.2, 0) is 0 Å². The molecule has 0 heterocycles. The summed E-state index contributed by atoms with van der Waals surface area (Å²) in [6.45, 7) is 10.2. The summed E-state index contributed by atoms with van der Waals surface area (Å²) in [6.07, 6.45) is 1.19. The Bertz CT molecular complexity index is 335. The van der Waals surface area contributed by atoms with Crippen molar-refractivity contribution in [2.45, 2.75) is 46.1 Å². The minimum atomic E-state index is 0.541. The topological polar surface area (TPSA) is 12.0 Å². The van der Waals surface area contributed by atoms with E-state index in [1.165, 1.54) is 16.5 Å². The second-order valence-electron chi connectivity index (χ2n) is 5.07. The average Bonchev–Trinajstić information content (AvgIpc) is 2.29. The zero-order valence-corrected chi connectivity index (χ0v) is 12.9. The Morgan fingerprint density at radius 3 is 2.47 bits per heavy atom. The maximum absolute atomic E-state index is 3.67. The second kappa shape index (κ2) is 7.17. The maximum atomic E-state index is 3.67. The van der Waals surface area contributed by atoms with Gasteiger partial charge in [-0.2, -0.15) is 0 Å². The molecule has 2 unspecified atom stereocenters. The first-order chi connectivity index (χ1) is 8.06. The molecule has 0 spiro atoms. The van der Waals surface area contributed by atoms with E-state index in [-0.39, 0.29) is 0 Å². The molecule has 1 N–H and O–H groups in total. The maximum Gasteiger partial charge on any atom is 0.0178 e. The fourth-order valence-electron chi connectivity index (χ4n) is 2.30. The summed E-state index contributed by atoms with van der Waals surface area (Å²) in [4.78, 5) is 0. The summed E-state index contributed by atoms with van der Waals surface area (Å²) in [5.74, 6) is 1.19. The molecule has 0 aliphatic heterocycles. The van der Waals surface area contributed by atoms with Crippen LogP contribution in [0.15, 0.2) is 28.7 Å². The lowest BCUT2D eigenvalue weighted by Gasteiger charge is -2.29.